The van der Waals surface area contributed by atoms with E-state index in [1.807, 2.05) is 41.5 Å². The van der Waals surface area contributed by atoms with E-state index in [1.165, 1.54) is 4.57 Å². The van der Waals surface area contributed by atoms with Crippen LogP contribution in [0.25, 0.3) is 0 Å². The van der Waals surface area contributed by atoms with Crippen LogP contribution in [0, 0.1) is 5.92 Å². The molecular formula is C19H33N3O4Si. The average molecular weight is 396 g/mol. The van der Waals surface area contributed by atoms with E-state index in [1.54, 1.807) is 12.3 Å². The molecule has 1 aromatic rings. The highest BCUT2D eigenvalue weighted by Gasteiger charge is 2.59. The maximum absolute atomic E-state index is 12.7. The minimum absolute atomic E-state index is 0.00755. The zero-order valence-corrected chi connectivity index (χ0v) is 19.4. The van der Waals surface area contributed by atoms with Crippen molar-refractivity contribution in [2.24, 2.45) is 5.92 Å². The fourth-order valence-corrected chi connectivity index (χ4v) is 4.50. The standard InChI is InChI=1S/C19H33N3O4Si/c1-11(2)18(24)14(7)19(27,26-15(18)10-25-13(5)6)22-9-8-16(20-12(3)4)21-17(22)23/h8-9,11-13,15,24H,7,10H2,1-6,27H3,(H,20,21,23)/t15-,18+,19+/m1/s1. The molecule has 0 spiro atoms. The molecule has 0 unspecified atom stereocenters. The first-order chi connectivity index (χ1) is 12.4. The lowest BCUT2D eigenvalue weighted by Crippen LogP contribution is -2.48. The highest BCUT2D eigenvalue weighted by molar-refractivity contribution is 6.15. The minimum Gasteiger partial charge on any atom is -0.382 e. The molecule has 1 fully saturated rings. The zero-order chi connectivity index (χ0) is 20.6. The first kappa shape index (κ1) is 21.8. The van der Waals surface area contributed by atoms with Gasteiger partial charge in [-0.05, 0) is 39.7 Å². The number of aliphatic hydroxyl groups is 1. The summed E-state index contributed by atoms with van der Waals surface area (Å²) in [5.74, 6) is 0.367. The quantitative estimate of drug-likeness (QED) is 0.525. The molecule has 0 amide bonds. The first-order valence-corrected chi connectivity index (χ1v) is 10.5. The molecule has 0 bridgehead atoms. The molecular weight excluding hydrogens is 362 g/mol. The maximum Gasteiger partial charge on any atom is 0.351 e. The van der Waals surface area contributed by atoms with Crippen molar-refractivity contribution >= 4 is 16.1 Å². The number of hydrogen-bond donors (Lipinski definition) is 2. The van der Waals surface area contributed by atoms with Crippen LogP contribution in [0.3, 0.4) is 0 Å². The van der Waals surface area contributed by atoms with Crippen LogP contribution in [-0.2, 0) is 14.8 Å². The van der Waals surface area contributed by atoms with Gasteiger partial charge in [-0.2, -0.15) is 4.98 Å². The van der Waals surface area contributed by atoms with Gasteiger partial charge in [0.15, 0.2) is 0 Å². The Hall–Kier alpha value is -1.48. The molecule has 0 aromatic carbocycles. The summed E-state index contributed by atoms with van der Waals surface area (Å²) < 4.78 is 13.4. The third kappa shape index (κ3) is 4.03. The van der Waals surface area contributed by atoms with Crippen LogP contribution >= 0.6 is 0 Å². The van der Waals surface area contributed by atoms with Gasteiger partial charge in [0.1, 0.15) is 22.9 Å². The lowest BCUT2D eigenvalue weighted by molar-refractivity contribution is -0.127. The Morgan fingerprint density at radius 2 is 2.04 bits per heavy atom. The van der Waals surface area contributed by atoms with Crippen LogP contribution in [-0.4, -0.2) is 55.4 Å². The highest BCUT2D eigenvalue weighted by Crippen LogP contribution is 2.47. The molecule has 1 aromatic heterocycles. The SMILES string of the molecule is C=C1[C@@](O)(C(C)C)[C@@H](COC(C)C)O[C@@]1([SiH3])n1ccc(NC(C)C)nc1=O. The van der Waals surface area contributed by atoms with Crippen molar-refractivity contribution < 1.29 is 14.6 Å². The van der Waals surface area contributed by atoms with Crippen LogP contribution in [0.1, 0.15) is 41.5 Å². The number of ether oxygens (including phenoxy) is 2. The van der Waals surface area contributed by atoms with Gasteiger partial charge < -0.3 is 19.9 Å². The van der Waals surface area contributed by atoms with Crippen molar-refractivity contribution in [2.75, 3.05) is 11.9 Å². The molecule has 27 heavy (non-hydrogen) atoms. The predicted octanol–water partition coefficient (Wildman–Crippen LogP) is 0.806. The summed E-state index contributed by atoms with van der Waals surface area (Å²) in [5.41, 5.74) is -1.24. The summed E-state index contributed by atoms with van der Waals surface area (Å²) in [4.78, 5) is 16.8. The van der Waals surface area contributed by atoms with Crippen LogP contribution in [0.15, 0.2) is 29.2 Å². The fraction of sp³-hybridized carbons (Fsp3) is 0.684. The molecule has 2 heterocycles. The van der Waals surface area contributed by atoms with Crippen molar-refractivity contribution in [3.05, 3.63) is 34.9 Å². The predicted molar refractivity (Wildman–Crippen MR) is 110 cm³/mol. The number of nitrogens with zero attached hydrogens (tertiary/aromatic N) is 2. The molecule has 1 saturated heterocycles. The molecule has 7 nitrogen and oxygen atoms in total. The van der Waals surface area contributed by atoms with Crippen LogP contribution < -0.4 is 11.0 Å². The van der Waals surface area contributed by atoms with Crippen LogP contribution in [0.4, 0.5) is 5.82 Å². The number of anilines is 1. The van der Waals surface area contributed by atoms with E-state index >= 15 is 0 Å². The zero-order valence-electron chi connectivity index (χ0n) is 17.4. The van der Waals surface area contributed by atoms with Crippen LogP contribution in [0.2, 0.25) is 0 Å². The van der Waals surface area contributed by atoms with Gasteiger partial charge in [-0.25, -0.2) is 4.79 Å². The Kier molecular flexibility index (Phi) is 6.36. The fourth-order valence-electron chi connectivity index (χ4n) is 3.47. The molecule has 3 atom stereocenters. The van der Waals surface area contributed by atoms with E-state index in [2.05, 4.69) is 16.9 Å². The second kappa shape index (κ2) is 7.87. The maximum atomic E-state index is 12.7. The van der Waals surface area contributed by atoms with Gasteiger partial charge in [-0.3, -0.25) is 4.57 Å². The Balaban J connectivity index is 2.44. The monoisotopic (exact) mass is 395 g/mol. The van der Waals surface area contributed by atoms with Gasteiger partial charge in [-0.15, -0.1) is 0 Å². The molecule has 1 aliphatic rings. The van der Waals surface area contributed by atoms with Crippen molar-refractivity contribution in [2.45, 2.75) is 70.7 Å². The normalized spacial score (nSPS) is 28.7. The second-order valence-electron chi connectivity index (χ2n) is 8.19. The summed E-state index contributed by atoms with van der Waals surface area (Å²) in [6.07, 6.45) is 1.06. The van der Waals surface area contributed by atoms with Gasteiger partial charge in [-0.1, -0.05) is 20.4 Å². The van der Waals surface area contributed by atoms with E-state index in [9.17, 15) is 9.90 Å². The summed E-state index contributed by atoms with van der Waals surface area (Å²) in [7, 11) is 0.422. The van der Waals surface area contributed by atoms with E-state index in [4.69, 9.17) is 9.47 Å². The third-order valence-electron chi connectivity index (χ3n) is 5.07. The summed E-state index contributed by atoms with van der Waals surface area (Å²) in [6, 6.07) is 1.91. The Morgan fingerprint density at radius 3 is 2.52 bits per heavy atom. The van der Waals surface area contributed by atoms with Crippen molar-refractivity contribution in [1.29, 1.82) is 0 Å². The first-order valence-electron chi connectivity index (χ1n) is 9.51. The summed E-state index contributed by atoms with van der Waals surface area (Å²) in [6.45, 7) is 16.0. The summed E-state index contributed by atoms with van der Waals surface area (Å²) in [5, 5.41) is 13.5. The van der Waals surface area contributed by atoms with Gasteiger partial charge in [0.05, 0.1) is 23.0 Å². The number of aromatic nitrogens is 2. The molecule has 0 aliphatic carbocycles. The van der Waals surface area contributed by atoms with Gasteiger partial charge >= 0.3 is 5.69 Å². The van der Waals surface area contributed by atoms with Gasteiger partial charge in [0.25, 0.3) is 0 Å². The summed E-state index contributed by atoms with van der Waals surface area (Å²) >= 11 is 0. The lowest BCUT2D eigenvalue weighted by atomic mass is 9.80. The van der Waals surface area contributed by atoms with E-state index < -0.39 is 22.7 Å². The highest BCUT2D eigenvalue weighted by atomic mass is 28.1. The Labute approximate surface area is 164 Å². The smallest absolute Gasteiger partial charge is 0.351 e. The largest absolute Gasteiger partial charge is 0.382 e. The molecule has 8 heteroatoms. The Morgan fingerprint density at radius 1 is 1.41 bits per heavy atom. The van der Waals surface area contributed by atoms with Gasteiger partial charge in [0.2, 0.25) is 0 Å². The Bertz CT molecular complexity index is 749. The molecule has 2 rings (SSSR count). The molecule has 0 radical (unpaired) electrons. The number of hydrogen-bond acceptors (Lipinski definition) is 6. The molecule has 152 valence electrons. The van der Waals surface area contributed by atoms with E-state index in [0.29, 0.717) is 21.6 Å². The third-order valence-corrected chi connectivity index (χ3v) is 6.39. The molecule has 1 aliphatic heterocycles. The topological polar surface area (TPSA) is 85.6 Å². The number of rotatable bonds is 7. The molecule has 0 saturated carbocycles. The lowest BCUT2D eigenvalue weighted by Gasteiger charge is -2.34. The van der Waals surface area contributed by atoms with Crippen molar-refractivity contribution in [3.8, 4) is 0 Å². The average Bonchev–Trinajstić information content (AvgIpc) is 2.75. The molecule has 2 N–H and O–H groups in total. The van der Waals surface area contributed by atoms with Crippen LogP contribution in [0.5, 0.6) is 0 Å². The second-order valence-corrected chi connectivity index (χ2v) is 9.55. The van der Waals surface area contributed by atoms with Crippen molar-refractivity contribution in [1.82, 2.24) is 9.55 Å². The van der Waals surface area contributed by atoms with Gasteiger partial charge in [0, 0.05) is 17.8 Å². The number of nitrogens with one attached hydrogen (secondary N) is 1. The minimum atomic E-state index is -1.29. The van der Waals surface area contributed by atoms with Crippen molar-refractivity contribution in [3.63, 3.8) is 0 Å². The van der Waals surface area contributed by atoms with E-state index in [0.717, 1.165) is 0 Å². The van der Waals surface area contributed by atoms with E-state index in [-0.39, 0.29) is 24.7 Å².